The van der Waals surface area contributed by atoms with Crippen molar-refractivity contribution in [3.8, 4) is 11.5 Å². The van der Waals surface area contributed by atoms with Crippen LogP contribution in [0, 0.1) is 0 Å². The Kier molecular flexibility index (Phi) is 4.52. The van der Waals surface area contributed by atoms with Crippen molar-refractivity contribution in [3.05, 3.63) is 70.9 Å². The molecule has 0 fully saturated rings. The highest BCUT2D eigenvalue weighted by molar-refractivity contribution is 6.32. The summed E-state index contributed by atoms with van der Waals surface area (Å²) in [4.78, 5) is 17.8. The summed E-state index contributed by atoms with van der Waals surface area (Å²) in [5.74, 6) is 1.14. The first-order chi connectivity index (χ1) is 14.2. The number of fused-ring (bicyclic) bond motifs is 2. The van der Waals surface area contributed by atoms with Crippen molar-refractivity contribution in [2.24, 2.45) is 0 Å². The minimum atomic E-state index is -0.0204. The van der Waals surface area contributed by atoms with E-state index in [2.05, 4.69) is 29.4 Å². The van der Waals surface area contributed by atoms with Crippen molar-refractivity contribution >= 4 is 40.1 Å². The van der Waals surface area contributed by atoms with Crippen LogP contribution in [0.25, 0.3) is 22.6 Å². The summed E-state index contributed by atoms with van der Waals surface area (Å²) < 4.78 is 10.7. The number of ether oxygens (including phenoxy) is 2. The molecule has 5 rings (SSSR count). The molecule has 0 bridgehead atoms. The smallest absolute Gasteiger partial charge is 0.246 e. The lowest BCUT2D eigenvalue weighted by molar-refractivity contribution is -0.125. The third kappa shape index (κ3) is 3.38. The summed E-state index contributed by atoms with van der Waals surface area (Å²) in [5, 5.41) is 1.70. The van der Waals surface area contributed by atoms with Crippen molar-refractivity contribution in [2.75, 3.05) is 19.9 Å². The van der Waals surface area contributed by atoms with Gasteiger partial charge in [0, 0.05) is 41.8 Å². The lowest BCUT2D eigenvalue weighted by atomic mass is 9.99. The average Bonchev–Trinajstić information content (AvgIpc) is 3.39. The van der Waals surface area contributed by atoms with Crippen LogP contribution in [0.2, 0.25) is 5.02 Å². The van der Waals surface area contributed by atoms with Crippen LogP contribution in [0.3, 0.4) is 0 Å². The number of H-pyrrole nitrogens is 1. The molecule has 0 unspecified atom stereocenters. The number of carbonyl (C=O) groups excluding carboxylic acids is 1. The number of rotatable bonds is 3. The Morgan fingerprint density at radius 1 is 1.21 bits per heavy atom. The van der Waals surface area contributed by atoms with E-state index in [4.69, 9.17) is 21.1 Å². The Morgan fingerprint density at radius 2 is 2.10 bits per heavy atom. The molecule has 3 heterocycles. The zero-order valence-corrected chi connectivity index (χ0v) is 16.4. The summed E-state index contributed by atoms with van der Waals surface area (Å²) in [6.07, 6.45) is 8.37. The molecule has 3 aromatic rings. The predicted molar refractivity (Wildman–Crippen MR) is 114 cm³/mol. The van der Waals surface area contributed by atoms with Gasteiger partial charge in [0.2, 0.25) is 12.7 Å². The van der Waals surface area contributed by atoms with Gasteiger partial charge in [-0.3, -0.25) is 4.79 Å². The molecule has 1 amide bonds. The number of hydrogen-bond donors (Lipinski definition) is 1. The summed E-state index contributed by atoms with van der Waals surface area (Å²) in [6.45, 7) is 1.45. The van der Waals surface area contributed by atoms with Gasteiger partial charge in [0.05, 0.1) is 5.02 Å². The van der Waals surface area contributed by atoms with Gasteiger partial charge in [0.25, 0.3) is 0 Å². The first-order valence-corrected chi connectivity index (χ1v) is 9.88. The lowest BCUT2D eigenvalue weighted by Gasteiger charge is -2.25. The van der Waals surface area contributed by atoms with Crippen LogP contribution in [-0.2, 0) is 4.79 Å². The zero-order chi connectivity index (χ0) is 19.8. The lowest BCUT2D eigenvalue weighted by Crippen LogP contribution is -2.33. The van der Waals surface area contributed by atoms with E-state index in [1.54, 1.807) is 18.2 Å². The summed E-state index contributed by atoms with van der Waals surface area (Å²) in [6, 6.07) is 11.9. The maximum Gasteiger partial charge on any atom is 0.246 e. The molecular weight excluding hydrogens is 388 g/mol. The average molecular weight is 407 g/mol. The van der Waals surface area contributed by atoms with Crippen molar-refractivity contribution in [1.82, 2.24) is 9.88 Å². The van der Waals surface area contributed by atoms with Crippen LogP contribution in [0.1, 0.15) is 17.5 Å². The fraction of sp³-hybridized carbons (Fsp3) is 0.174. The molecular formula is C23H19ClN2O3. The van der Waals surface area contributed by atoms with E-state index in [1.807, 2.05) is 23.1 Å². The second-order valence-electron chi connectivity index (χ2n) is 7.08. The fourth-order valence-electron chi connectivity index (χ4n) is 3.81. The third-order valence-electron chi connectivity index (χ3n) is 5.32. The molecule has 146 valence electrons. The van der Waals surface area contributed by atoms with Crippen LogP contribution in [0.5, 0.6) is 11.5 Å². The molecule has 0 aliphatic carbocycles. The van der Waals surface area contributed by atoms with Crippen molar-refractivity contribution in [2.45, 2.75) is 6.42 Å². The topological polar surface area (TPSA) is 54.6 Å². The van der Waals surface area contributed by atoms with Gasteiger partial charge in [-0.1, -0.05) is 35.9 Å². The van der Waals surface area contributed by atoms with Crippen LogP contribution >= 0.6 is 11.6 Å². The fourth-order valence-corrected chi connectivity index (χ4v) is 4.08. The maximum atomic E-state index is 12.6. The van der Waals surface area contributed by atoms with E-state index >= 15 is 0 Å². The minimum Gasteiger partial charge on any atom is -0.454 e. The highest BCUT2D eigenvalue weighted by Gasteiger charge is 2.19. The molecule has 29 heavy (non-hydrogen) atoms. The number of hydrogen-bond acceptors (Lipinski definition) is 3. The van der Waals surface area contributed by atoms with Gasteiger partial charge in [0.15, 0.2) is 11.5 Å². The third-order valence-corrected chi connectivity index (χ3v) is 5.60. The summed E-state index contributed by atoms with van der Waals surface area (Å²) in [7, 11) is 0. The summed E-state index contributed by atoms with van der Waals surface area (Å²) >= 11 is 6.20. The van der Waals surface area contributed by atoms with E-state index in [1.165, 1.54) is 16.5 Å². The standard InChI is InChI=1S/C23H19ClN2O3/c24-19-11-15(12-21-23(19)29-14-28-21)5-6-22(27)26-9-7-16(8-10-26)18-13-25-20-4-2-1-3-17(18)20/h1-7,11-13,25H,8-10,14H2/b6-5+. The molecule has 0 saturated heterocycles. The number of nitrogens with one attached hydrogen (secondary N) is 1. The van der Waals surface area contributed by atoms with E-state index in [-0.39, 0.29) is 12.7 Å². The Hall–Kier alpha value is -3.18. The number of aromatic amines is 1. The molecule has 2 aromatic carbocycles. The van der Waals surface area contributed by atoms with Crippen LogP contribution in [0.4, 0.5) is 0 Å². The number of carbonyl (C=O) groups is 1. The highest BCUT2D eigenvalue weighted by atomic mass is 35.5. The first kappa shape index (κ1) is 17.9. The maximum absolute atomic E-state index is 12.6. The van der Waals surface area contributed by atoms with Gasteiger partial charge < -0.3 is 19.4 Å². The molecule has 0 radical (unpaired) electrons. The molecule has 0 spiro atoms. The number of amides is 1. The predicted octanol–water partition coefficient (Wildman–Crippen LogP) is 4.88. The molecule has 0 saturated carbocycles. The van der Waals surface area contributed by atoms with Crippen LogP contribution in [-0.4, -0.2) is 35.7 Å². The van der Waals surface area contributed by atoms with Crippen molar-refractivity contribution in [1.29, 1.82) is 0 Å². The van der Waals surface area contributed by atoms with Gasteiger partial charge in [-0.15, -0.1) is 0 Å². The Labute approximate surface area is 173 Å². The quantitative estimate of drug-likeness (QED) is 0.631. The Bertz CT molecular complexity index is 1160. The summed E-state index contributed by atoms with van der Waals surface area (Å²) in [5.41, 5.74) is 4.43. The SMILES string of the molecule is O=C(/C=C/c1cc(Cl)c2c(c1)OCO2)N1CC=C(c2c[nH]c3ccccc23)CC1. The number of benzene rings is 2. The first-order valence-electron chi connectivity index (χ1n) is 9.51. The second kappa shape index (κ2) is 7.33. The largest absolute Gasteiger partial charge is 0.454 e. The monoisotopic (exact) mass is 406 g/mol. The molecule has 5 nitrogen and oxygen atoms in total. The molecule has 2 aliphatic heterocycles. The number of nitrogens with zero attached hydrogens (tertiary/aromatic N) is 1. The molecule has 0 atom stereocenters. The molecule has 2 aliphatic rings. The van der Waals surface area contributed by atoms with Gasteiger partial charge in [-0.25, -0.2) is 0 Å². The van der Waals surface area contributed by atoms with Gasteiger partial charge in [0.1, 0.15) is 0 Å². The van der Waals surface area contributed by atoms with Crippen molar-refractivity contribution < 1.29 is 14.3 Å². The van der Waals surface area contributed by atoms with Crippen LogP contribution in [0.15, 0.2) is 54.7 Å². The Balaban J connectivity index is 1.29. The highest BCUT2D eigenvalue weighted by Crippen LogP contribution is 2.40. The molecule has 1 aromatic heterocycles. The normalized spacial score (nSPS) is 15.9. The number of para-hydroxylation sites is 1. The number of aromatic nitrogens is 1. The molecule has 1 N–H and O–H groups in total. The minimum absolute atomic E-state index is 0.0204. The van der Waals surface area contributed by atoms with Gasteiger partial charge >= 0.3 is 0 Å². The zero-order valence-electron chi connectivity index (χ0n) is 15.7. The Morgan fingerprint density at radius 3 is 2.97 bits per heavy atom. The second-order valence-corrected chi connectivity index (χ2v) is 7.49. The molecule has 6 heteroatoms. The van der Waals surface area contributed by atoms with Gasteiger partial charge in [-0.2, -0.15) is 0 Å². The van der Waals surface area contributed by atoms with Crippen molar-refractivity contribution in [3.63, 3.8) is 0 Å². The number of halogens is 1. The van der Waals surface area contributed by atoms with Gasteiger partial charge in [-0.05, 0) is 41.8 Å². The van der Waals surface area contributed by atoms with E-state index < -0.39 is 0 Å². The van der Waals surface area contributed by atoms with Crippen LogP contribution < -0.4 is 9.47 Å². The van der Waals surface area contributed by atoms with E-state index in [0.717, 1.165) is 17.5 Å². The van der Waals surface area contributed by atoms with E-state index in [0.29, 0.717) is 29.6 Å². The van der Waals surface area contributed by atoms with E-state index in [9.17, 15) is 4.79 Å².